The number of aromatic nitrogens is 2. The van der Waals surface area contributed by atoms with Crippen molar-refractivity contribution in [1.29, 1.82) is 0 Å². The Labute approximate surface area is 152 Å². The van der Waals surface area contributed by atoms with Crippen molar-refractivity contribution in [3.8, 4) is 5.88 Å². The summed E-state index contributed by atoms with van der Waals surface area (Å²) in [6, 6.07) is 6.67. The number of halogens is 1. The molecule has 0 radical (unpaired) electrons. The average Bonchev–Trinajstić information content (AvgIpc) is 2.58. The normalized spacial score (nSPS) is 16.8. The molecule has 25 heavy (non-hydrogen) atoms. The van der Waals surface area contributed by atoms with Crippen molar-refractivity contribution in [3.05, 3.63) is 46.9 Å². The van der Waals surface area contributed by atoms with Crippen LogP contribution in [0.2, 0.25) is 5.02 Å². The molecule has 1 aromatic carbocycles. The van der Waals surface area contributed by atoms with Crippen molar-refractivity contribution >= 4 is 21.6 Å². The van der Waals surface area contributed by atoms with Crippen LogP contribution in [-0.2, 0) is 10.0 Å². The first kappa shape index (κ1) is 18.1. The maximum atomic E-state index is 12.9. The van der Waals surface area contributed by atoms with E-state index in [2.05, 4.69) is 9.97 Å². The third-order valence-electron chi connectivity index (χ3n) is 4.27. The molecule has 1 aliphatic heterocycles. The molecule has 0 atom stereocenters. The predicted molar refractivity (Wildman–Crippen MR) is 95.4 cm³/mol. The maximum Gasteiger partial charge on any atom is 0.243 e. The van der Waals surface area contributed by atoms with Gasteiger partial charge in [0.2, 0.25) is 15.9 Å². The van der Waals surface area contributed by atoms with Crippen LogP contribution in [0.4, 0.5) is 0 Å². The number of piperidine rings is 1. The van der Waals surface area contributed by atoms with E-state index in [1.165, 1.54) is 4.31 Å². The van der Waals surface area contributed by atoms with E-state index in [0.717, 1.165) is 0 Å². The number of ether oxygens (including phenoxy) is 1. The number of rotatable bonds is 4. The quantitative estimate of drug-likeness (QED) is 0.814. The van der Waals surface area contributed by atoms with Crippen LogP contribution in [0.25, 0.3) is 0 Å². The van der Waals surface area contributed by atoms with Gasteiger partial charge < -0.3 is 4.74 Å². The largest absolute Gasteiger partial charge is 0.474 e. The highest BCUT2D eigenvalue weighted by Gasteiger charge is 2.31. The van der Waals surface area contributed by atoms with Crippen LogP contribution in [0.1, 0.15) is 24.2 Å². The summed E-state index contributed by atoms with van der Waals surface area (Å²) in [4.78, 5) is 8.53. The number of benzene rings is 1. The molecule has 1 fully saturated rings. The van der Waals surface area contributed by atoms with Crippen LogP contribution in [0.3, 0.4) is 0 Å². The number of sulfonamides is 1. The Bertz CT molecular complexity index is 865. The van der Waals surface area contributed by atoms with Crippen molar-refractivity contribution in [1.82, 2.24) is 14.3 Å². The van der Waals surface area contributed by atoms with E-state index < -0.39 is 10.0 Å². The Morgan fingerprint density at radius 3 is 2.60 bits per heavy atom. The number of nitrogens with zero attached hydrogens (tertiary/aromatic N) is 3. The van der Waals surface area contributed by atoms with Gasteiger partial charge in [-0.2, -0.15) is 9.29 Å². The SMILES string of the molecule is Cc1nccc(OC2CCN(S(=O)(=O)c3cccc(Cl)c3C)CC2)n1. The minimum atomic E-state index is -3.55. The fourth-order valence-electron chi connectivity index (χ4n) is 2.87. The molecule has 0 aliphatic carbocycles. The highest BCUT2D eigenvalue weighted by Crippen LogP contribution is 2.28. The predicted octanol–water partition coefficient (Wildman–Crippen LogP) is 2.98. The summed E-state index contributed by atoms with van der Waals surface area (Å²) in [5, 5.41) is 0.457. The molecule has 0 amide bonds. The highest BCUT2D eigenvalue weighted by atomic mass is 35.5. The van der Waals surface area contributed by atoms with Gasteiger partial charge in [0.1, 0.15) is 11.9 Å². The lowest BCUT2D eigenvalue weighted by Crippen LogP contribution is -2.42. The molecule has 2 heterocycles. The molecule has 1 saturated heterocycles. The first-order chi connectivity index (χ1) is 11.9. The van der Waals surface area contributed by atoms with Crippen molar-refractivity contribution in [2.24, 2.45) is 0 Å². The second-order valence-electron chi connectivity index (χ2n) is 6.03. The Morgan fingerprint density at radius 2 is 1.92 bits per heavy atom. The molecule has 8 heteroatoms. The number of hydrogen-bond acceptors (Lipinski definition) is 5. The molecule has 0 N–H and O–H groups in total. The van der Waals surface area contributed by atoms with Crippen molar-refractivity contribution in [3.63, 3.8) is 0 Å². The zero-order chi connectivity index (χ0) is 18.0. The van der Waals surface area contributed by atoms with Crippen molar-refractivity contribution in [2.45, 2.75) is 37.7 Å². The third kappa shape index (κ3) is 3.94. The second-order valence-corrected chi connectivity index (χ2v) is 8.34. The second kappa shape index (κ2) is 7.27. The Kier molecular flexibility index (Phi) is 5.27. The zero-order valence-electron chi connectivity index (χ0n) is 14.1. The van der Waals surface area contributed by atoms with Gasteiger partial charge in [0, 0.05) is 30.4 Å². The van der Waals surface area contributed by atoms with Gasteiger partial charge in [-0.15, -0.1) is 0 Å². The van der Waals surface area contributed by atoms with Gasteiger partial charge in [0.15, 0.2) is 0 Å². The fourth-order valence-corrected chi connectivity index (χ4v) is 4.82. The van der Waals surface area contributed by atoms with Crippen molar-refractivity contribution in [2.75, 3.05) is 13.1 Å². The minimum absolute atomic E-state index is 0.0544. The number of aryl methyl sites for hydroxylation is 1. The first-order valence-electron chi connectivity index (χ1n) is 8.09. The van der Waals surface area contributed by atoms with E-state index in [4.69, 9.17) is 16.3 Å². The van der Waals surface area contributed by atoms with Gasteiger partial charge in [-0.25, -0.2) is 13.4 Å². The van der Waals surface area contributed by atoms with E-state index in [1.54, 1.807) is 44.3 Å². The smallest absolute Gasteiger partial charge is 0.243 e. The van der Waals surface area contributed by atoms with Crippen LogP contribution >= 0.6 is 11.6 Å². The lowest BCUT2D eigenvalue weighted by molar-refractivity contribution is 0.129. The van der Waals surface area contributed by atoms with E-state index in [1.807, 2.05) is 0 Å². The molecule has 2 aromatic rings. The molecule has 0 bridgehead atoms. The van der Waals surface area contributed by atoms with Crippen molar-refractivity contribution < 1.29 is 13.2 Å². The highest BCUT2D eigenvalue weighted by molar-refractivity contribution is 7.89. The standard InChI is InChI=1S/C17H20ClN3O3S/c1-12-15(18)4-3-5-16(12)25(22,23)21-10-7-14(8-11-21)24-17-6-9-19-13(2)20-17/h3-6,9,14H,7-8,10-11H2,1-2H3. The monoisotopic (exact) mass is 381 g/mol. The van der Waals surface area contributed by atoms with E-state index in [0.29, 0.717) is 48.2 Å². The Morgan fingerprint density at radius 1 is 1.20 bits per heavy atom. The molecule has 0 spiro atoms. The van der Waals surface area contributed by atoms with Gasteiger partial charge >= 0.3 is 0 Å². The van der Waals surface area contributed by atoms with Gasteiger partial charge in [0.05, 0.1) is 4.90 Å². The summed E-state index contributed by atoms with van der Waals surface area (Å²) in [6.07, 6.45) is 2.82. The average molecular weight is 382 g/mol. The zero-order valence-corrected chi connectivity index (χ0v) is 15.7. The topological polar surface area (TPSA) is 72.4 Å². The molecule has 1 aliphatic rings. The molecular formula is C17H20ClN3O3S. The number of hydrogen-bond donors (Lipinski definition) is 0. The molecule has 6 nitrogen and oxygen atoms in total. The third-order valence-corrected chi connectivity index (χ3v) is 6.73. The molecular weight excluding hydrogens is 362 g/mol. The summed E-state index contributed by atoms with van der Waals surface area (Å²) < 4.78 is 33.1. The van der Waals surface area contributed by atoms with E-state index in [-0.39, 0.29) is 11.0 Å². The van der Waals surface area contributed by atoms with Gasteiger partial charge in [0.25, 0.3) is 0 Å². The van der Waals surface area contributed by atoms with Crippen LogP contribution < -0.4 is 4.74 Å². The summed E-state index contributed by atoms with van der Waals surface area (Å²) >= 11 is 6.07. The Balaban J connectivity index is 1.68. The summed E-state index contributed by atoms with van der Waals surface area (Å²) in [7, 11) is -3.55. The van der Waals surface area contributed by atoms with Crippen LogP contribution in [0, 0.1) is 13.8 Å². The summed E-state index contributed by atoms with van der Waals surface area (Å²) in [5.41, 5.74) is 0.582. The molecule has 134 valence electrons. The maximum absolute atomic E-state index is 12.9. The van der Waals surface area contributed by atoms with Gasteiger partial charge in [-0.3, -0.25) is 0 Å². The lowest BCUT2D eigenvalue weighted by Gasteiger charge is -2.31. The lowest BCUT2D eigenvalue weighted by atomic mass is 10.1. The molecule has 3 rings (SSSR count). The van der Waals surface area contributed by atoms with Crippen LogP contribution in [-0.4, -0.2) is 41.9 Å². The van der Waals surface area contributed by atoms with Gasteiger partial charge in [-0.1, -0.05) is 17.7 Å². The minimum Gasteiger partial charge on any atom is -0.474 e. The summed E-state index contributed by atoms with van der Waals surface area (Å²) in [5.74, 6) is 1.17. The Hall–Kier alpha value is -1.70. The molecule has 0 saturated carbocycles. The van der Waals surface area contributed by atoms with Crippen LogP contribution in [0.5, 0.6) is 5.88 Å². The molecule has 0 unspecified atom stereocenters. The van der Waals surface area contributed by atoms with Crippen LogP contribution in [0.15, 0.2) is 35.4 Å². The van der Waals surface area contributed by atoms with Gasteiger partial charge in [-0.05, 0) is 44.4 Å². The fraction of sp³-hybridized carbons (Fsp3) is 0.412. The first-order valence-corrected chi connectivity index (χ1v) is 9.91. The molecule has 1 aromatic heterocycles. The van der Waals surface area contributed by atoms with E-state index >= 15 is 0 Å². The summed E-state index contributed by atoms with van der Waals surface area (Å²) in [6.45, 7) is 4.34. The van der Waals surface area contributed by atoms with E-state index in [9.17, 15) is 8.42 Å².